The third-order valence-corrected chi connectivity index (χ3v) is 4.93. The van der Waals surface area contributed by atoms with Gasteiger partial charge in [0.25, 0.3) is 16.0 Å². The number of hydrogen-bond donors (Lipinski definition) is 2. The summed E-state index contributed by atoms with van der Waals surface area (Å²) in [5.74, 6) is -1.78. The molecule has 0 heterocycles. The molecule has 0 saturated carbocycles. The first kappa shape index (κ1) is 23.4. The zero-order valence-electron chi connectivity index (χ0n) is 16.8. The van der Waals surface area contributed by atoms with Crippen LogP contribution in [0.3, 0.4) is 0 Å². The first-order chi connectivity index (χ1) is 14.3. The second-order valence-electron chi connectivity index (χ2n) is 6.33. The number of carbonyl (C=O) groups excluding carboxylic acids is 2. The summed E-state index contributed by atoms with van der Waals surface area (Å²) in [6, 6.07) is 13.1. The molecule has 0 aliphatic heterocycles. The SMILES string of the molecule is CCOC(=O)[C@H](CCS(=O)(=O)O)NC(=O)c1c(OCC)cccc1-c1ccccc1. The summed E-state index contributed by atoms with van der Waals surface area (Å²) in [5.41, 5.74) is 1.58. The first-order valence-corrected chi connectivity index (χ1v) is 11.1. The highest BCUT2D eigenvalue weighted by molar-refractivity contribution is 7.85. The van der Waals surface area contributed by atoms with Crippen LogP contribution in [0.1, 0.15) is 30.6 Å². The molecule has 8 nitrogen and oxygen atoms in total. The van der Waals surface area contributed by atoms with Crippen LogP contribution < -0.4 is 10.1 Å². The Balaban J connectivity index is 2.42. The number of amides is 1. The molecular weight excluding hydrogens is 410 g/mol. The fraction of sp³-hybridized carbons (Fsp3) is 0.333. The maximum absolute atomic E-state index is 13.2. The lowest BCUT2D eigenvalue weighted by molar-refractivity contribution is -0.145. The van der Waals surface area contributed by atoms with Gasteiger partial charge in [0.15, 0.2) is 0 Å². The van der Waals surface area contributed by atoms with E-state index < -0.39 is 33.8 Å². The summed E-state index contributed by atoms with van der Waals surface area (Å²) in [7, 11) is -4.32. The van der Waals surface area contributed by atoms with Gasteiger partial charge in [0.2, 0.25) is 0 Å². The zero-order chi connectivity index (χ0) is 22.1. The van der Waals surface area contributed by atoms with Crippen LogP contribution in [0.15, 0.2) is 48.5 Å². The molecule has 2 N–H and O–H groups in total. The third-order valence-electron chi connectivity index (χ3n) is 4.18. The number of nitrogens with one attached hydrogen (secondary N) is 1. The molecule has 0 saturated heterocycles. The van der Waals surface area contributed by atoms with Gasteiger partial charge in [0.05, 0.1) is 24.5 Å². The van der Waals surface area contributed by atoms with Crippen molar-refractivity contribution >= 4 is 22.0 Å². The monoisotopic (exact) mass is 435 g/mol. The number of ether oxygens (including phenoxy) is 2. The minimum atomic E-state index is -4.32. The molecule has 162 valence electrons. The summed E-state index contributed by atoms with van der Waals surface area (Å²) in [6.07, 6.45) is -0.332. The molecule has 0 spiro atoms. The van der Waals surface area contributed by atoms with Crippen molar-refractivity contribution in [1.29, 1.82) is 0 Å². The van der Waals surface area contributed by atoms with Crippen molar-refractivity contribution in [3.63, 3.8) is 0 Å². The lowest BCUT2D eigenvalue weighted by atomic mass is 9.98. The molecule has 30 heavy (non-hydrogen) atoms. The fourth-order valence-electron chi connectivity index (χ4n) is 2.89. The van der Waals surface area contributed by atoms with E-state index in [0.717, 1.165) is 5.56 Å². The van der Waals surface area contributed by atoms with Gasteiger partial charge < -0.3 is 14.8 Å². The van der Waals surface area contributed by atoms with E-state index in [-0.39, 0.29) is 18.6 Å². The normalized spacial score (nSPS) is 12.1. The third kappa shape index (κ3) is 6.57. The molecule has 0 aliphatic carbocycles. The van der Waals surface area contributed by atoms with E-state index in [9.17, 15) is 18.0 Å². The first-order valence-electron chi connectivity index (χ1n) is 9.50. The maximum Gasteiger partial charge on any atom is 0.328 e. The summed E-state index contributed by atoms with van der Waals surface area (Å²) >= 11 is 0. The summed E-state index contributed by atoms with van der Waals surface area (Å²) in [6.45, 7) is 3.76. The second-order valence-corrected chi connectivity index (χ2v) is 7.90. The smallest absolute Gasteiger partial charge is 0.328 e. The van der Waals surface area contributed by atoms with Crippen molar-refractivity contribution in [2.24, 2.45) is 0 Å². The van der Waals surface area contributed by atoms with Gasteiger partial charge in [-0.25, -0.2) is 4.79 Å². The van der Waals surface area contributed by atoms with Crippen LogP contribution in [-0.2, 0) is 19.6 Å². The highest BCUT2D eigenvalue weighted by Crippen LogP contribution is 2.31. The van der Waals surface area contributed by atoms with Gasteiger partial charge in [-0.2, -0.15) is 8.42 Å². The quantitative estimate of drug-likeness (QED) is 0.435. The lowest BCUT2D eigenvalue weighted by Crippen LogP contribution is -2.43. The molecule has 1 atom stereocenters. The van der Waals surface area contributed by atoms with E-state index >= 15 is 0 Å². The average molecular weight is 435 g/mol. The Labute approximate surface area is 176 Å². The number of benzene rings is 2. The maximum atomic E-state index is 13.2. The predicted octanol–water partition coefficient (Wildman–Crippen LogP) is 2.69. The predicted molar refractivity (Wildman–Crippen MR) is 112 cm³/mol. The Morgan fingerprint density at radius 3 is 2.33 bits per heavy atom. The molecule has 2 rings (SSSR count). The Kier molecular flexibility index (Phi) is 8.37. The second kappa shape index (κ2) is 10.7. The van der Waals surface area contributed by atoms with Gasteiger partial charge in [-0.05, 0) is 37.5 Å². The van der Waals surface area contributed by atoms with Crippen molar-refractivity contribution < 1.29 is 32.0 Å². The van der Waals surface area contributed by atoms with Gasteiger partial charge in [-0.1, -0.05) is 42.5 Å². The molecule has 2 aromatic rings. The van der Waals surface area contributed by atoms with Gasteiger partial charge in [0, 0.05) is 0 Å². The molecule has 2 aromatic carbocycles. The number of carbonyl (C=O) groups is 2. The molecule has 0 aliphatic rings. The summed E-state index contributed by atoms with van der Waals surface area (Å²) < 4.78 is 41.8. The summed E-state index contributed by atoms with van der Waals surface area (Å²) in [5, 5.41) is 2.53. The van der Waals surface area contributed by atoms with Crippen molar-refractivity contribution in [2.75, 3.05) is 19.0 Å². The number of esters is 1. The van der Waals surface area contributed by atoms with E-state index in [1.54, 1.807) is 32.0 Å². The van der Waals surface area contributed by atoms with Crippen molar-refractivity contribution in [3.05, 3.63) is 54.1 Å². The minimum Gasteiger partial charge on any atom is -0.493 e. The van der Waals surface area contributed by atoms with E-state index in [1.807, 2.05) is 30.3 Å². The molecule has 1 amide bonds. The van der Waals surface area contributed by atoms with Crippen LogP contribution in [0.4, 0.5) is 0 Å². The van der Waals surface area contributed by atoms with Gasteiger partial charge in [-0.3, -0.25) is 9.35 Å². The number of rotatable bonds is 10. The van der Waals surface area contributed by atoms with Crippen LogP contribution in [0.5, 0.6) is 5.75 Å². The van der Waals surface area contributed by atoms with Gasteiger partial charge in [-0.15, -0.1) is 0 Å². The summed E-state index contributed by atoms with van der Waals surface area (Å²) in [4.78, 5) is 25.4. The van der Waals surface area contributed by atoms with Crippen molar-refractivity contribution in [3.8, 4) is 16.9 Å². The van der Waals surface area contributed by atoms with E-state index in [4.69, 9.17) is 14.0 Å². The Hall–Kier alpha value is -2.91. The Morgan fingerprint density at radius 2 is 1.73 bits per heavy atom. The molecule has 0 bridgehead atoms. The van der Waals surface area contributed by atoms with Gasteiger partial charge >= 0.3 is 5.97 Å². The largest absolute Gasteiger partial charge is 0.493 e. The Morgan fingerprint density at radius 1 is 1.03 bits per heavy atom. The highest BCUT2D eigenvalue weighted by atomic mass is 32.2. The van der Waals surface area contributed by atoms with Crippen LogP contribution in [-0.4, -0.2) is 49.9 Å². The number of hydrogen-bond acceptors (Lipinski definition) is 6. The van der Waals surface area contributed by atoms with Crippen LogP contribution >= 0.6 is 0 Å². The topological polar surface area (TPSA) is 119 Å². The highest BCUT2D eigenvalue weighted by Gasteiger charge is 2.27. The van der Waals surface area contributed by atoms with Crippen LogP contribution in [0.25, 0.3) is 11.1 Å². The standard InChI is InChI=1S/C21H25NO7S/c1-3-28-18-12-8-11-16(15-9-6-5-7-10-15)19(18)20(23)22-17(21(24)29-4-2)13-14-30(25,26)27/h5-12,17H,3-4,13-14H2,1-2H3,(H,22,23)(H,25,26,27)/t17-/m0/s1. The molecule has 0 fully saturated rings. The molecule has 0 unspecified atom stereocenters. The van der Waals surface area contributed by atoms with Crippen LogP contribution in [0.2, 0.25) is 0 Å². The van der Waals surface area contributed by atoms with Crippen LogP contribution in [0, 0.1) is 0 Å². The van der Waals surface area contributed by atoms with E-state index in [2.05, 4.69) is 5.32 Å². The molecule has 9 heteroatoms. The average Bonchev–Trinajstić information content (AvgIpc) is 2.71. The van der Waals surface area contributed by atoms with Crippen molar-refractivity contribution in [2.45, 2.75) is 26.3 Å². The van der Waals surface area contributed by atoms with E-state index in [1.165, 1.54) is 0 Å². The zero-order valence-corrected chi connectivity index (χ0v) is 17.6. The molecule has 0 radical (unpaired) electrons. The van der Waals surface area contributed by atoms with E-state index in [0.29, 0.717) is 17.9 Å². The van der Waals surface area contributed by atoms with Crippen molar-refractivity contribution in [1.82, 2.24) is 5.32 Å². The molecule has 0 aromatic heterocycles. The molecular formula is C21H25NO7S. The Bertz CT molecular complexity index is 974. The minimum absolute atomic E-state index is 0.0574. The lowest BCUT2D eigenvalue weighted by Gasteiger charge is -2.20. The van der Waals surface area contributed by atoms with Gasteiger partial charge in [0.1, 0.15) is 11.8 Å². The fourth-order valence-corrected chi connectivity index (χ4v) is 3.42.